The standard InChI is InChI=1S/C12H15F3N2O3S/c1-7(2)21(19,20)6-11(18)17-8-3-4-10(16)9(5-8)12(13,14)15/h3-5,7H,6,16H2,1-2H3,(H,17,18). The number of hydrogen-bond donors (Lipinski definition) is 2. The van der Waals surface area contributed by atoms with Crippen LogP contribution in [-0.2, 0) is 20.8 Å². The van der Waals surface area contributed by atoms with Crippen LogP contribution in [0.15, 0.2) is 18.2 Å². The Labute approximate surface area is 120 Å². The lowest BCUT2D eigenvalue weighted by molar-refractivity contribution is -0.136. The number of nitrogen functional groups attached to an aromatic ring is 1. The van der Waals surface area contributed by atoms with Crippen LogP contribution < -0.4 is 11.1 Å². The number of nitrogens with two attached hydrogens (primary N) is 1. The highest BCUT2D eigenvalue weighted by molar-refractivity contribution is 7.92. The van der Waals surface area contributed by atoms with Gasteiger partial charge in [-0.1, -0.05) is 0 Å². The molecule has 0 aliphatic heterocycles. The summed E-state index contributed by atoms with van der Waals surface area (Å²) in [7, 11) is -3.62. The Bertz CT molecular complexity index is 640. The highest BCUT2D eigenvalue weighted by atomic mass is 32.2. The third-order valence-corrected chi connectivity index (χ3v) is 4.79. The van der Waals surface area contributed by atoms with E-state index in [1.807, 2.05) is 0 Å². The summed E-state index contributed by atoms with van der Waals surface area (Å²) in [6.45, 7) is 2.82. The lowest BCUT2D eigenvalue weighted by Gasteiger charge is -2.13. The smallest absolute Gasteiger partial charge is 0.398 e. The van der Waals surface area contributed by atoms with Gasteiger partial charge in [0.1, 0.15) is 5.75 Å². The molecule has 0 saturated heterocycles. The topological polar surface area (TPSA) is 89.3 Å². The van der Waals surface area contributed by atoms with Crippen molar-refractivity contribution in [2.24, 2.45) is 0 Å². The van der Waals surface area contributed by atoms with E-state index in [1.165, 1.54) is 19.9 Å². The minimum atomic E-state index is -4.66. The number of halogens is 3. The number of rotatable bonds is 4. The highest BCUT2D eigenvalue weighted by Crippen LogP contribution is 2.35. The Morgan fingerprint density at radius 2 is 1.90 bits per heavy atom. The van der Waals surface area contributed by atoms with Crippen LogP contribution in [0.1, 0.15) is 19.4 Å². The number of carbonyl (C=O) groups is 1. The molecule has 1 aromatic carbocycles. The van der Waals surface area contributed by atoms with Gasteiger partial charge in [0.05, 0.1) is 10.8 Å². The van der Waals surface area contributed by atoms with Crippen molar-refractivity contribution < 1.29 is 26.4 Å². The molecule has 0 bridgehead atoms. The summed E-state index contributed by atoms with van der Waals surface area (Å²) in [5, 5.41) is 1.37. The lowest BCUT2D eigenvalue weighted by atomic mass is 10.1. The van der Waals surface area contributed by atoms with Gasteiger partial charge in [-0.3, -0.25) is 4.79 Å². The van der Waals surface area contributed by atoms with Crippen LogP contribution >= 0.6 is 0 Å². The van der Waals surface area contributed by atoms with E-state index in [9.17, 15) is 26.4 Å². The van der Waals surface area contributed by atoms with Crippen molar-refractivity contribution in [1.29, 1.82) is 0 Å². The molecule has 3 N–H and O–H groups in total. The Morgan fingerprint density at radius 1 is 1.33 bits per heavy atom. The van der Waals surface area contributed by atoms with E-state index in [-0.39, 0.29) is 5.69 Å². The van der Waals surface area contributed by atoms with Gasteiger partial charge in [0, 0.05) is 11.4 Å². The number of hydrogen-bond acceptors (Lipinski definition) is 4. The van der Waals surface area contributed by atoms with Crippen LogP contribution in [0.5, 0.6) is 0 Å². The molecule has 5 nitrogen and oxygen atoms in total. The lowest BCUT2D eigenvalue weighted by Crippen LogP contribution is -2.28. The number of anilines is 2. The van der Waals surface area contributed by atoms with E-state index in [1.54, 1.807) is 0 Å². The van der Waals surface area contributed by atoms with Crippen molar-refractivity contribution in [2.75, 3.05) is 16.8 Å². The first-order valence-electron chi connectivity index (χ1n) is 5.91. The first-order chi connectivity index (χ1) is 9.43. The third-order valence-electron chi connectivity index (χ3n) is 2.69. The average molecular weight is 324 g/mol. The third kappa shape index (κ3) is 4.62. The largest absolute Gasteiger partial charge is 0.418 e. The number of nitrogens with one attached hydrogen (secondary N) is 1. The molecule has 9 heteroatoms. The number of alkyl halides is 3. The number of sulfone groups is 1. The highest BCUT2D eigenvalue weighted by Gasteiger charge is 2.33. The summed E-state index contributed by atoms with van der Waals surface area (Å²) in [4.78, 5) is 11.6. The summed E-state index contributed by atoms with van der Waals surface area (Å²) in [6, 6.07) is 2.83. The Balaban J connectivity index is 2.93. The number of carbonyl (C=O) groups excluding carboxylic acids is 1. The van der Waals surface area contributed by atoms with Crippen molar-refractivity contribution >= 4 is 27.1 Å². The Kier molecular flexibility index (Phi) is 4.87. The molecule has 0 aliphatic carbocycles. The van der Waals surface area contributed by atoms with Crippen molar-refractivity contribution in [2.45, 2.75) is 25.3 Å². The summed E-state index contributed by atoms with van der Waals surface area (Å²) in [6.07, 6.45) is -4.66. The van der Waals surface area contributed by atoms with E-state index in [0.29, 0.717) is 6.07 Å². The molecule has 0 unspecified atom stereocenters. The van der Waals surface area contributed by atoms with Crippen LogP contribution in [-0.4, -0.2) is 25.3 Å². The normalized spacial score (nSPS) is 12.5. The maximum atomic E-state index is 12.7. The monoisotopic (exact) mass is 324 g/mol. The zero-order valence-corrected chi connectivity index (χ0v) is 12.2. The van der Waals surface area contributed by atoms with Crippen molar-refractivity contribution in [3.05, 3.63) is 23.8 Å². The van der Waals surface area contributed by atoms with Gasteiger partial charge in [-0.05, 0) is 32.0 Å². The van der Waals surface area contributed by atoms with Gasteiger partial charge in [-0.2, -0.15) is 13.2 Å². The fraction of sp³-hybridized carbons (Fsp3) is 0.417. The predicted octanol–water partition coefficient (Wildman–Crippen LogP) is 2.05. The zero-order valence-electron chi connectivity index (χ0n) is 11.4. The van der Waals surface area contributed by atoms with Crippen molar-refractivity contribution in [3.8, 4) is 0 Å². The first kappa shape index (κ1) is 17.3. The summed E-state index contributed by atoms with van der Waals surface area (Å²) in [5.74, 6) is -1.70. The van der Waals surface area contributed by atoms with Gasteiger partial charge < -0.3 is 11.1 Å². The molecular formula is C12H15F3N2O3S. The maximum absolute atomic E-state index is 12.7. The second-order valence-electron chi connectivity index (χ2n) is 4.70. The fourth-order valence-electron chi connectivity index (χ4n) is 1.43. The second kappa shape index (κ2) is 5.92. The molecule has 0 atom stereocenters. The molecule has 0 heterocycles. The van der Waals surface area contributed by atoms with E-state index in [4.69, 9.17) is 5.73 Å². The summed E-state index contributed by atoms with van der Waals surface area (Å²) in [5.41, 5.74) is 3.49. The molecule has 1 rings (SSSR count). The molecule has 0 spiro atoms. The van der Waals surface area contributed by atoms with Gasteiger partial charge in [-0.15, -0.1) is 0 Å². The van der Waals surface area contributed by atoms with Gasteiger partial charge in [0.2, 0.25) is 5.91 Å². The SMILES string of the molecule is CC(C)S(=O)(=O)CC(=O)Nc1ccc(N)c(C(F)(F)F)c1. The molecule has 0 radical (unpaired) electrons. The number of benzene rings is 1. The molecule has 21 heavy (non-hydrogen) atoms. The molecular weight excluding hydrogens is 309 g/mol. The van der Waals surface area contributed by atoms with Crippen LogP contribution in [0, 0.1) is 0 Å². The summed E-state index contributed by atoms with van der Waals surface area (Å²) >= 11 is 0. The van der Waals surface area contributed by atoms with Crippen LogP contribution in [0.3, 0.4) is 0 Å². The molecule has 1 aromatic rings. The second-order valence-corrected chi connectivity index (χ2v) is 7.26. The molecule has 0 aromatic heterocycles. The minimum absolute atomic E-state index is 0.166. The van der Waals surface area contributed by atoms with Crippen LogP contribution in [0.4, 0.5) is 24.5 Å². The van der Waals surface area contributed by atoms with Gasteiger partial charge in [0.15, 0.2) is 9.84 Å². The van der Waals surface area contributed by atoms with Crippen molar-refractivity contribution in [3.63, 3.8) is 0 Å². The molecule has 0 aliphatic rings. The molecule has 1 amide bonds. The van der Waals surface area contributed by atoms with E-state index < -0.39 is 44.2 Å². The summed E-state index contributed by atoms with van der Waals surface area (Å²) < 4.78 is 61.1. The van der Waals surface area contributed by atoms with E-state index >= 15 is 0 Å². The average Bonchev–Trinajstić information content (AvgIpc) is 2.29. The van der Waals surface area contributed by atoms with Gasteiger partial charge in [0.25, 0.3) is 0 Å². The molecule has 0 fully saturated rings. The number of amides is 1. The fourth-order valence-corrected chi connectivity index (χ4v) is 2.20. The minimum Gasteiger partial charge on any atom is -0.398 e. The van der Waals surface area contributed by atoms with E-state index in [2.05, 4.69) is 5.32 Å². The molecule has 118 valence electrons. The van der Waals surface area contributed by atoms with Crippen LogP contribution in [0.25, 0.3) is 0 Å². The van der Waals surface area contributed by atoms with Crippen LogP contribution in [0.2, 0.25) is 0 Å². The van der Waals surface area contributed by atoms with Gasteiger partial charge in [-0.25, -0.2) is 8.42 Å². The van der Waals surface area contributed by atoms with Crippen molar-refractivity contribution in [1.82, 2.24) is 0 Å². The predicted molar refractivity (Wildman–Crippen MR) is 73.4 cm³/mol. The van der Waals surface area contributed by atoms with Gasteiger partial charge >= 0.3 is 6.18 Å². The quantitative estimate of drug-likeness (QED) is 0.830. The maximum Gasteiger partial charge on any atom is 0.418 e. The van der Waals surface area contributed by atoms with E-state index in [0.717, 1.165) is 6.07 Å². The Morgan fingerprint density at radius 3 is 2.38 bits per heavy atom. The molecule has 0 saturated carbocycles. The Hall–Kier alpha value is -1.77. The zero-order chi connectivity index (χ0) is 16.4. The first-order valence-corrected chi connectivity index (χ1v) is 7.63.